The van der Waals surface area contributed by atoms with Crippen LogP contribution in [0.25, 0.3) is 10.8 Å². The van der Waals surface area contributed by atoms with Gasteiger partial charge in [-0.1, -0.05) is 30.3 Å². The molecule has 24 heavy (non-hydrogen) atoms. The van der Waals surface area contributed by atoms with E-state index >= 15 is 0 Å². The van der Waals surface area contributed by atoms with Gasteiger partial charge >= 0.3 is 18.1 Å². The van der Waals surface area contributed by atoms with E-state index in [1.165, 1.54) is 12.1 Å². The van der Waals surface area contributed by atoms with Crippen LogP contribution in [0.5, 0.6) is 0 Å². The van der Waals surface area contributed by atoms with Crippen molar-refractivity contribution in [2.24, 2.45) is 5.10 Å². The number of nitrogens with zero attached hydrogens (tertiary/aromatic N) is 1. The van der Waals surface area contributed by atoms with Crippen LogP contribution in [0.2, 0.25) is 0 Å². The molecule has 2 aromatic rings. The van der Waals surface area contributed by atoms with Crippen LogP contribution >= 0.6 is 12.6 Å². The first kappa shape index (κ1) is 18.4. The molecule has 0 atom stereocenters. The van der Waals surface area contributed by atoms with E-state index in [0.717, 1.165) is 6.21 Å². The average Bonchev–Trinajstić information content (AvgIpc) is 2.48. The Morgan fingerprint density at radius 1 is 0.875 bits per heavy atom. The maximum absolute atomic E-state index is 13.1. The number of nitrogens with one attached hydrogen (secondary N) is 1. The van der Waals surface area contributed by atoms with Crippen molar-refractivity contribution in [1.29, 1.82) is 0 Å². The SMILES string of the molecule is FC(F)(F)C(F)(F)C(F)(F)N/N=C/c1ccc(S)c2ccccc12. The molecule has 0 spiro atoms. The molecule has 0 aromatic heterocycles. The van der Waals surface area contributed by atoms with Crippen LogP contribution in [0.3, 0.4) is 0 Å². The van der Waals surface area contributed by atoms with E-state index in [9.17, 15) is 30.7 Å². The van der Waals surface area contributed by atoms with Crippen molar-refractivity contribution in [2.75, 3.05) is 0 Å². The van der Waals surface area contributed by atoms with E-state index in [2.05, 4.69) is 17.7 Å². The Hall–Kier alpha value is -1.97. The summed E-state index contributed by atoms with van der Waals surface area (Å²) in [6, 6.07) is 3.92. The average molecular weight is 370 g/mol. The van der Waals surface area contributed by atoms with Crippen LogP contribution in [0, 0.1) is 0 Å². The minimum Gasteiger partial charge on any atom is -0.242 e. The van der Waals surface area contributed by atoms with Gasteiger partial charge in [-0.3, -0.25) is 0 Å². The molecule has 0 saturated heterocycles. The van der Waals surface area contributed by atoms with E-state index in [1.807, 2.05) is 0 Å². The smallest absolute Gasteiger partial charge is 0.242 e. The first-order chi connectivity index (χ1) is 11.0. The second-order valence-electron chi connectivity index (χ2n) is 4.74. The number of hydrazone groups is 1. The Kier molecular flexibility index (Phi) is 4.71. The molecule has 0 aliphatic carbocycles. The third-order valence-corrected chi connectivity index (χ3v) is 3.48. The molecule has 0 amide bonds. The van der Waals surface area contributed by atoms with Gasteiger partial charge in [0.05, 0.1) is 6.21 Å². The molecule has 2 rings (SSSR count). The predicted octanol–water partition coefficient (Wildman–Crippen LogP) is 4.84. The number of alkyl halides is 7. The van der Waals surface area contributed by atoms with Crippen molar-refractivity contribution < 1.29 is 30.7 Å². The van der Waals surface area contributed by atoms with Crippen molar-refractivity contribution in [2.45, 2.75) is 23.0 Å². The van der Waals surface area contributed by atoms with Gasteiger partial charge in [-0.25, -0.2) is 5.43 Å². The lowest BCUT2D eigenvalue weighted by Crippen LogP contribution is -2.58. The van der Waals surface area contributed by atoms with E-state index in [4.69, 9.17) is 0 Å². The molecule has 0 aliphatic heterocycles. The predicted molar refractivity (Wildman–Crippen MR) is 77.9 cm³/mol. The zero-order chi connectivity index (χ0) is 18.2. The van der Waals surface area contributed by atoms with Gasteiger partial charge < -0.3 is 0 Å². The standard InChI is InChI=1S/C14H9F7N2S/c15-12(16,13(17,18)19)14(20,21)23-22-7-8-5-6-11(24)10-4-2-1-3-9(8)10/h1-7,23-24H/b22-7+. The quantitative estimate of drug-likeness (QED) is 0.260. The molecule has 0 heterocycles. The summed E-state index contributed by atoms with van der Waals surface area (Å²) in [7, 11) is 0. The third-order valence-electron chi connectivity index (χ3n) is 3.09. The van der Waals surface area contributed by atoms with E-state index in [-0.39, 0.29) is 5.56 Å². The fourth-order valence-corrected chi connectivity index (χ4v) is 2.12. The summed E-state index contributed by atoms with van der Waals surface area (Å²) in [6.45, 7) is 0. The van der Waals surface area contributed by atoms with Gasteiger partial charge in [-0.15, -0.1) is 12.6 Å². The number of hydrogen-bond acceptors (Lipinski definition) is 3. The summed E-state index contributed by atoms with van der Waals surface area (Å²) in [5.41, 5.74) is 0.819. The number of halogens is 7. The van der Waals surface area contributed by atoms with Crippen LogP contribution in [-0.2, 0) is 0 Å². The minimum atomic E-state index is -6.42. The van der Waals surface area contributed by atoms with Gasteiger partial charge in [0.15, 0.2) is 0 Å². The molecule has 0 radical (unpaired) electrons. The summed E-state index contributed by atoms with van der Waals surface area (Å²) < 4.78 is 87.6. The fourth-order valence-electron chi connectivity index (χ4n) is 1.85. The zero-order valence-electron chi connectivity index (χ0n) is 11.6. The normalized spacial score (nSPS) is 13.7. The molecule has 1 N–H and O–H groups in total. The second-order valence-corrected chi connectivity index (χ2v) is 5.22. The molecule has 10 heteroatoms. The van der Waals surface area contributed by atoms with Crippen LogP contribution in [0.15, 0.2) is 46.4 Å². The largest absolute Gasteiger partial charge is 0.462 e. The molecule has 0 saturated carbocycles. The molecule has 2 nitrogen and oxygen atoms in total. The molecule has 0 fully saturated rings. The summed E-state index contributed by atoms with van der Waals surface area (Å²) >= 11 is 4.20. The van der Waals surface area contributed by atoms with Crippen LogP contribution in [0.1, 0.15) is 5.56 Å². The topological polar surface area (TPSA) is 24.4 Å². The van der Waals surface area contributed by atoms with E-state index < -0.39 is 18.1 Å². The van der Waals surface area contributed by atoms with Crippen LogP contribution in [-0.4, -0.2) is 24.4 Å². The highest BCUT2D eigenvalue weighted by Gasteiger charge is 2.73. The van der Waals surface area contributed by atoms with Crippen molar-refractivity contribution in [3.05, 3.63) is 42.0 Å². The number of fused-ring (bicyclic) bond motifs is 1. The summed E-state index contributed by atoms with van der Waals surface area (Å²) in [5, 5.41) is 3.99. The highest BCUT2D eigenvalue weighted by Crippen LogP contribution is 2.45. The summed E-state index contributed by atoms with van der Waals surface area (Å²) in [5.74, 6) is -6.27. The van der Waals surface area contributed by atoms with Gasteiger partial charge in [0.1, 0.15) is 0 Å². The Morgan fingerprint density at radius 3 is 2.04 bits per heavy atom. The van der Waals surface area contributed by atoms with Crippen molar-refractivity contribution in [3.8, 4) is 0 Å². The highest BCUT2D eigenvalue weighted by molar-refractivity contribution is 7.80. The van der Waals surface area contributed by atoms with Crippen molar-refractivity contribution in [3.63, 3.8) is 0 Å². The maximum atomic E-state index is 13.1. The first-order valence-corrected chi connectivity index (χ1v) is 6.75. The highest BCUT2D eigenvalue weighted by atomic mass is 32.1. The Bertz CT molecular complexity index is 771. The lowest BCUT2D eigenvalue weighted by molar-refractivity contribution is -0.361. The number of benzene rings is 2. The molecule has 0 aliphatic rings. The molecule has 0 bridgehead atoms. The van der Waals surface area contributed by atoms with E-state index in [0.29, 0.717) is 21.1 Å². The summed E-state index contributed by atoms with van der Waals surface area (Å²) in [6.07, 6.45) is -5.69. The first-order valence-electron chi connectivity index (χ1n) is 6.30. The Balaban J connectivity index is 2.28. The second kappa shape index (κ2) is 6.15. The lowest BCUT2D eigenvalue weighted by Gasteiger charge is -2.27. The van der Waals surface area contributed by atoms with Gasteiger partial charge in [0.25, 0.3) is 0 Å². The van der Waals surface area contributed by atoms with Crippen LogP contribution in [0.4, 0.5) is 30.7 Å². The van der Waals surface area contributed by atoms with Gasteiger partial charge in [0, 0.05) is 10.5 Å². The molecule has 2 aromatic carbocycles. The zero-order valence-corrected chi connectivity index (χ0v) is 12.5. The van der Waals surface area contributed by atoms with Crippen LogP contribution < -0.4 is 5.43 Å². The fraction of sp³-hybridized carbons (Fsp3) is 0.214. The number of thiol groups is 1. The molecule has 130 valence electrons. The van der Waals surface area contributed by atoms with Gasteiger partial charge in [0.2, 0.25) is 0 Å². The Morgan fingerprint density at radius 2 is 1.46 bits per heavy atom. The van der Waals surface area contributed by atoms with E-state index in [1.54, 1.807) is 24.3 Å². The minimum absolute atomic E-state index is 0.238. The van der Waals surface area contributed by atoms with Gasteiger partial charge in [-0.05, 0) is 16.8 Å². The van der Waals surface area contributed by atoms with Crippen molar-refractivity contribution >= 4 is 29.6 Å². The Labute approximate surface area is 136 Å². The maximum Gasteiger partial charge on any atom is 0.462 e. The molecular formula is C14H9F7N2S. The number of rotatable bonds is 4. The van der Waals surface area contributed by atoms with Crippen molar-refractivity contribution in [1.82, 2.24) is 5.43 Å². The molecular weight excluding hydrogens is 361 g/mol. The number of hydrogen-bond donors (Lipinski definition) is 2. The van der Waals surface area contributed by atoms with Gasteiger partial charge in [-0.2, -0.15) is 35.8 Å². The monoisotopic (exact) mass is 370 g/mol. The lowest BCUT2D eigenvalue weighted by atomic mass is 10.1. The third kappa shape index (κ3) is 3.28. The summed E-state index contributed by atoms with van der Waals surface area (Å²) in [4.78, 5) is 0.574. The molecule has 0 unspecified atom stereocenters.